The molecular weight excluding hydrogens is 305 g/mol. The van der Waals surface area contributed by atoms with Gasteiger partial charge in [0.15, 0.2) is 10.7 Å². The summed E-state index contributed by atoms with van der Waals surface area (Å²) in [6.07, 6.45) is 0. The molecule has 0 aliphatic heterocycles. The fraction of sp³-hybridized carbons (Fsp3) is 0.400. The number of halogens is 4. The number of hydrogen-bond donors (Lipinski definition) is 2. The lowest BCUT2D eigenvalue weighted by Gasteiger charge is -2.11. The third-order valence-electron chi connectivity index (χ3n) is 2.26. The summed E-state index contributed by atoms with van der Waals surface area (Å²) < 4.78 is 65.4. The van der Waals surface area contributed by atoms with Gasteiger partial charge in [-0.15, -0.1) is 0 Å². The number of nitrogens with one attached hydrogen (secondary N) is 2. The molecule has 0 aliphatic rings. The second kappa shape index (κ2) is 6.08. The van der Waals surface area contributed by atoms with E-state index in [-0.39, 0.29) is 12.6 Å². The highest BCUT2D eigenvalue weighted by Crippen LogP contribution is 2.27. The van der Waals surface area contributed by atoms with Gasteiger partial charge in [-0.25, -0.2) is 26.3 Å². The molecule has 0 unspecified atom stereocenters. The zero-order chi connectivity index (χ0) is 14.8. The van der Waals surface area contributed by atoms with Crippen molar-refractivity contribution in [3.05, 3.63) is 28.5 Å². The van der Waals surface area contributed by atoms with E-state index in [4.69, 9.17) is 11.6 Å². The molecule has 0 atom stereocenters. The van der Waals surface area contributed by atoms with Crippen molar-refractivity contribution in [2.75, 3.05) is 27.2 Å². The second-order valence-corrected chi connectivity index (χ2v) is 6.23. The fourth-order valence-corrected chi connectivity index (χ4v) is 2.68. The number of rotatable bonds is 5. The molecule has 4 nitrogen and oxygen atoms in total. The normalized spacial score (nSPS) is 12.2. The fourth-order valence-electron chi connectivity index (χ4n) is 1.30. The molecule has 2 N–H and O–H groups in total. The molecule has 0 fully saturated rings. The van der Waals surface area contributed by atoms with Crippen LogP contribution in [0.3, 0.4) is 0 Å². The van der Waals surface area contributed by atoms with Crippen LogP contribution in [0.2, 0.25) is 5.02 Å². The number of quaternary nitrogens is 1. The lowest BCUT2D eigenvalue weighted by atomic mass is 10.3. The Hall–Kier alpha value is -0.830. The Bertz CT molecular complexity index is 579. The topological polar surface area (TPSA) is 50.6 Å². The van der Waals surface area contributed by atoms with E-state index in [0.717, 1.165) is 4.90 Å². The molecule has 108 valence electrons. The molecule has 0 aromatic heterocycles. The van der Waals surface area contributed by atoms with Gasteiger partial charge in [0.05, 0.1) is 27.2 Å². The van der Waals surface area contributed by atoms with E-state index in [0.29, 0.717) is 6.54 Å². The van der Waals surface area contributed by atoms with Crippen LogP contribution in [0.4, 0.5) is 13.2 Å². The maximum absolute atomic E-state index is 13.6. The molecule has 1 rings (SSSR count). The largest absolute Gasteiger partial charge is 0.339 e. The number of hydrogen-bond acceptors (Lipinski definition) is 2. The Labute approximate surface area is 114 Å². The summed E-state index contributed by atoms with van der Waals surface area (Å²) in [4.78, 5) is -0.326. The van der Waals surface area contributed by atoms with E-state index < -0.39 is 37.4 Å². The van der Waals surface area contributed by atoms with Crippen molar-refractivity contribution >= 4 is 21.6 Å². The predicted molar refractivity (Wildman–Crippen MR) is 64.2 cm³/mol. The van der Waals surface area contributed by atoms with Gasteiger partial charge in [0, 0.05) is 6.07 Å². The van der Waals surface area contributed by atoms with Gasteiger partial charge < -0.3 is 4.90 Å². The van der Waals surface area contributed by atoms with Crippen LogP contribution in [0, 0.1) is 17.5 Å². The quantitative estimate of drug-likeness (QED) is 0.601. The number of likely N-dealkylation sites (N-methyl/N-ethyl adjacent to an activating group) is 1. The molecular formula is C10H13ClF3N2O2S+. The van der Waals surface area contributed by atoms with Gasteiger partial charge in [-0.2, -0.15) is 0 Å². The molecule has 0 saturated heterocycles. The van der Waals surface area contributed by atoms with E-state index in [9.17, 15) is 21.6 Å². The van der Waals surface area contributed by atoms with Crippen LogP contribution in [0.5, 0.6) is 0 Å². The van der Waals surface area contributed by atoms with Gasteiger partial charge in [0.1, 0.15) is 16.7 Å². The smallest absolute Gasteiger partial charge is 0.246 e. The van der Waals surface area contributed by atoms with E-state index in [1.165, 1.54) is 0 Å². The van der Waals surface area contributed by atoms with Crippen molar-refractivity contribution in [2.24, 2.45) is 0 Å². The molecule has 0 bridgehead atoms. The van der Waals surface area contributed by atoms with Gasteiger partial charge in [-0.3, -0.25) is 0 Å². The lowest BCUT2D eigenvalue weighted by molar-refractivity contribution is -0.856. The van der Waals surface area contributed by atoms with Gasteiger partial charge >= 0.3 is 0 Å². The van der Waals surface area contributed by atoms with Crippen LogP contribution in [-0.4, -0.2) is 35.6 Å². The molecule has 1 aromatic carbocycles. The zero-order valence-corrected chi connectivity index (χ0v) is 11.8. The minimum atomic E-state index is -4.42. The summed E-state index contributed by atoms with van der Waals surface area (Å²) in [5.41, 5.74) is 0. The van der Waals surface area contributed by atoms with Crippen molar-refractivity contribution in [3.63, 3.8) is 0 Å². The van der Waals surface area contributed by atoms with Crippen LogP contribution in [-0.2, 0) is 10.0 Å². The third kappa shape index (κ3) is 3.82. The molecule has 0 saturated carbocycles. The molecule has 9 heteroatoms. The van der Waals surface area contributed by atoms with E-state index in [1.54, 1.807) is 14.1 Å². The predicted octanol–water partition coefficient (Wildman–Crippen LogP) is 0.180. The van der Waals surface area contributed by atoms with Crippen molar-refractivity contribution in [1.29, 1.82) is 0 Å². The van der Waals surface area contributed by atoms with E-state index in [2.05, 4.69) is 0 Å². The maximum atomic E-state index is 13.6. The van der Waals surface area contributed by atoms with Crippen LogP contribution >= 0.6 is 11.6 Å². The number of benzene rings is 1. The molecule has 19 heavy (non-hydrogen) atoms. The van der Waals surface area contributed by atoms with Crippen molar-refractivity contribution < 1.29 is 26.5 Å². The Morgan fingerprint density at radius 1 is 1.26 bits per heavy atom. The molecule has 0 heterocycles. The molecule has 1 aromatic rings. The van der Waals surface area contributed by atoms with E-state index >= 15 is 0 Å². The average Bonchev–Trinajstić information content (AvgIpc) is 2.24. The summed E-state index contributed by atoms with van der Waals surface area (Å²) in [7, 11) is -0.857. The Kier molecular flexibility index (Phi) is 5.19. The average molecular weight is 318 g/mol. The van der Waals surface area contributed by atoms with Gasteiger partial charge in [-0.05, 0) is 0 Å². The highest BCUT2D eigenvalue weighted by Gasteiger charge is 2.28. The first-order chi connectivity index (χ1) is 8.66. The summed E-state index contributed by atoms with van der Waals surface area (Å²) in [6.45, 7) is 0.399. The van der Waals surface area contributed by atoms with Crippen LogP contribution in [0.1, 0.15) is 0 Å². The highest BCUT2D eigenvalue weighted by molar-refractivity contribution is 7.89. The Morgan fingerprint density at radius 3 is 2.37 bits per heavy atom. The monoisotopic (exact) mass is 317 g/mol. The third-order valence-corrected chi connectivity index (χ3v) is 4.10. The molecule has 0 spiro atoms. The molecule has 0 radical (unpaired) electrons. The zero-order valence-electron chi connectivity index (χ0n) is 10.2. The van der Waals surface area contributed by atoms with E-state index in [1.807, 2.05) is 4.72 Å². The first-order valence-electron chi connectivity index (χ1n) is 5.28. The second-order valence-electron chi connectivity index (χ2n) is 4.15. The molecule has 0 aliphatic carbocycles. The molecule has 0 amide bonds. The number of sulfonamides is 1. The first-order valence-corrected chi connectivity index (χ1v) is 7.14. The van der Waals surface area contributed by atoms with Crippen molar-refractivity contribution in [1.82, 2.24) is 4.72 Å². The van der Waals surface area contributed by atoms with Crippen molar-refractivity contribution in [2.45, 2.75) is 4.90 Å². The Morgan fingerprint density at radius 2 is 1.84 bits per heavy atom. The minimum Gasteiger partial charge on any atom is -0.339 e. The summed E-state index contributed by atoms with van der Waals surface area (Å²) in [6, 6.07) is 0.233. The van der Waals surface area contributed by atoms with Crippen LogP contribution in [0.15, 0.2) is 11.0 Å². The minimum absolute atomic E-state index is 0.0153. The lowest BCUT2D eigenvalue weighted by Crippen LogP contribution is -3.06. The highest BCUT2D eigenvalue weighted by atomic mass is 35.5. The maximum Gasteiger partial charge on any atom is 0.246 e. The SMILES string of the molecule is C[NH+](C)CCNS(=O)(=O)c1c(F)cc(F)c(Cl)c1F. The van der Waals surface area contributed by atoms with Crippen molar-refractivity contribution in [3.8, 4) is 0 Å². The summed E-state index contributed by atoms with van der Waals surface area (Å²) >= 11 is 5.23. The summed E-state index contributed by atoms with van der Waals surface area (Å²) in [5, 5.41) is -1.06. The summed E-state index contributed by atoms with van der Waals surface area (Å²) in [5.74, 6) is -4.51. The van der Waals surface area contributed by atoms with Gasteiger partial charge in [-0.1, -0.05) is 11.6 Å². The first kappa shape index (κ1) is 16.2. The van der Waals surface area contributed by atoms with Crippen LogP contribution < -0.4 is 9.62 Å². The van der Waals surface area contributed by atoms with Gasteiger partial charge in [0.25, 0.3) is 0 Å². The Balaban J connectivity index is 3.12. The van der Waals surface area contributed by atoms with Gasteiger partial charge in [0.2, 0.25) is 10.0 Å². The standard InChI is InChI=1S/C10H12ClF3N2O2S/c1-16(2)4-3-15-19(17,18)10-7(13)5-6(12)8(11)9(10)14/h5,15H,3-4H2,1-2H3/p+1. The van der Waals surface area contributed by atoms with Crippen LogP contribution in [0.25, 0.3) is 0 Å².